The maximum Gasteiger partial charge on any atom is 0.425 e. The molecular weight excluding hydrogens is 404 g/mol. The molecule has 1 saturated heterocycles. The number of ether oxygens (including phenoxy) is 2. The van der Waals surface area contributed by atoms with Crippen molar-refractivity contribution in [3.8, 4) is 0 Å². The molecule has 0 spiro atoms. The molecule has 3 rings (SSSR count). The lowest BCUT2D eigenvalue weighted by Gasteiger charge is -2.28. The van der Waals surface area contributed by atoms with Crippen LogP contribution in [-0.2, 0) is 15.9 Å². The summed E-state index contributed by atoms with van der Waals surface area (Å²) in [5, 5.41) is 1.62. The number of hydrazine groups is 1. The normalized spacial score (nSPS) is 19.0. The summed E-state index contributed by atoms with van der Waals surface area (Å²) < 4.78 is 11.1. The maximum absolute atomic E-state index is 12.9. The van der Waals surface area contributed by atoms with Gasteiger partial charge in [-0.3, -0.25) is 0 Å². The fraction of sp³-hybridized carbons (Fsp3) is 0.462. The van der Waals surface area contributed by atoms with E-state index >= 15 is 0 Å². The minimum Gasteiger partial charge on any atom is -0.456 e. The zero-order valence-corrected chi connectivity index (χ0v) is 19.8. The van der Waals surface area contributed by atoms with Gasteiger partial charge < -0.3 is 9.47 Å². The summed E-state index contributed by atoms with van der Waals surface area (Å²) in [7, 11) is 0. The van der Waals surface area contributed by atoms with Crippen molar-refractivity contribution in [2.45, 2.75) is 77.7 Å². The third kappa shape index (κ3) is 6.57. The number of hydrogen-bond donors (Lipinski definition) is 1. The van der Waals surface area contributed by atoms with Gasteiger partial charge in [-0.25, -0.2) is 20.0 Å². The zero-order chi connectivity index (χ0) is 23.5. The van der Waals surface area contributed by atoms with Crippen molar-refractivity contribution in [1.29, 1.82) is 0 Å². The second-order valence-corrected chi connectivity index (χ2v) is 10.2. The SMILES string of the molecule is CC(C)(C)OC(=O)c1ccc(C[C@H]2C[C@@H](c3ccccc3)NN2C(=O)OC(C)(C)C)cc1. The Morgan fingerprint density at radius 1 is 0.906 bits per heavy atom. The van der Waals surface area contributed by atoms with Crippen LogP contribution in [0.15, 0.2) is 54.6 Å². The Morgan fingerprint density at radius 2 is 1.50 bits per heavy atom. The first-order valence-corrected chi connectivity index (χ1v) is 11.1. The van der Waals surface area contributed by atoms with Crippen molar-refractivity contribution in [1.82, 2.24) is 10.4 Å². The second kappa shape index (κ2) is 9.33. The van der Waals surface area contributed by atoms with Gasteiger partial charge in [-0.05, 0) is 77.6 Å². The number of amides is 1. The van der Waals surface area contributed by atoms with E-state index in [4.69, 9.17) is 9.47 Å². The Labute approximate surface area is 190 Å². The lowest BCUT2D eigenvalue weighted by Crippen LogP contribution is -2.46. The smallest absolute Gasteiger partial charge is 0.425 e. The standard InChI is InChI=1S/C26H34N2O4/c1-25(2,3)31-23(29)20-14-12-18(13-15-20)16-21-17-22(19-10-8-7-9-11-19)27-28(21)24(30)32-26(4,5)6/h7-15,21-22,27H,16-17H2,1-6H3/t21-,22-/m0/s1. The van der Waals surface area contributed by atoms with Gasteiger partial charge in [-0.15, -0.1) is 0 Å². The summed E-state index contributed by atoms with van der Waals surface area (Å²) in [6, 6.07) is 17.4. The van der Waals surface area contributed by atoms with Gasteiger partial charge in [-0.2, -0.15) is 0 Å². The first-order chi connectivity index (χ1) is 14.9. The molecule has 1 fully saturated rings. The number of rotatable bonds is 4. The number of nitrogens with zero attached hydrogens (tertiary/aromatic N) is 1. The van der Waals surface area contributed by atoms with E-state index in [2.05, 4.69) is 17.6 Å². The predicted octanol–water partition coefficient (Wildman–Crippen LogP) is 5.44. The van der Waals surface area contributed by atoms with Gasteiger partial charge in [0.15, 0.2) is 0 Å². The molecule has 1 amide bonds. The van der Waals surface area contributed by atoms with Crippen molar-refractivity contribution in [2.24, 2.45) is 0 Å². The molecule has 0 saturated carbocycles. The molecule has 0 aromatic heterocycles. The van der Waals surface area contributed by atoms with Gasteiger partial charge in [0.2, 0.25) is 0 Å². The van der Waals surface area contributed by atoms with Crippen molar-refractivity contribution in [3.05, 3.63) is 71.3 Å². The first kappa shape index (κ1) is 23.8. The molecule has 0 unspecified atom stereocenters. The van der Waals surface area contributed by atoms with Crippen LogP contribution in [0.1, 0.15) is 75.5 Å². The Kier molecular flexibility index (Phi) is 6.94. The van der Waals surface area contributed by atoms with Crippen molar-refractivity contribution < 1.29 is 19.1 Å². The highest BCUT2D eigenvalue weighted by Gasteiger charge is 2.38. The largest absolute Gasteiger partial charge is 0.456 e. The van der Waals surface area contributed by atoms with Gasteiger partial charge in [-0.1, -0.05) is 42.5 Å². The summed E-state index contributed by atoms with van der Waals surface area (Å²) >= 11 is 0. The highest BCUT2D eigenvalue weighted by Crippen LogP contribution is 2.30. The fourth-order valence-electron chi connectivity index (χ4n) is 3.67. The number of nitrogens with one attached hydrogen (secondary N) is 1. The number of carbonyl (C=O) groups excluding carboxylic acids is 2. The molecule has 2 atom stereocenters. The van der Waals surface area contributed by atoms with Crippen LogP contribution in [0.2, 0.25) is 0 Å². The van der Waals surface area contributed by atoms with Crippen LogP contribution in [-0.4, -0.2) is 34.3 Å². The van der Waals surface area contributed by atoms with E-state index < -0.39 is 11.2 Å². The van der Waals surface area contributed by atoms with Gasteiger partial charge in [0, 0.05) is 0 Å². The molecule has 2 aromatic rings. The third-order valence-corrected chi connectivity index (χ3v) is 5.02. The van der Waals surface area contributed by atoms with Gasteiger partial charge in [0.25, 0.3) is 0 Å². The molecule has 6 heteroatoms. The monoisotopic (exact) mass is 438 g/mol. The minimum atomic E-state index is -0.580. The molecule has 1 N–H and O–H groups in total. The van der Waals surface area contributed by atoms with Crippen molar-refractivity contribution in [2.75, 3.05) is 0 Å². The van der Waals surface area contributed by atoms with Crippen LogP contribution >= 0.6 is 0 Å². The van der Waals surface area contributed by atoms with Crippen molar-refractivity contribution >= 4 is 12.1 Å². The van der Waals surface area contributed by atoms with Crippen LogP contribution in [0.25, 0.3) is 0 Å². The van der Waals surface area contributed by atoms with E-state index in [9.17, 15) is 9.59 Å². The summed E-state index contributed by atoms with van der Waals surface area (Å²) in [5.74, 6) is -0.342. The van der Waals surface area contributed by atoms with E-state index in [1.165, 1.54) is 0 Å². The van der Waals surface area contributed by atoms with E-state index in [0.29, 0.717) is 12.0 Å². The Morgan fingerprint density at radius 3 is 2.06 bits per heavy atom. The van der Waals surface area contributed by atoms with Crippen LogP contribution in [0, 0.1) is 0 Å². The van der Waals surface area contributed by atoms with Crippen LogP contribution < -0.4 is 5.43 Å². The molecule has 2 aromatic carbocycles. The van der Waals surface area contributed by atoms with E-state index in [1.807, 2.05) is 71.9 Å². The number of carbonyl (C=O) groups is 2. The number of benzene rings is 2. The molecule has 1 aliphatic heterocycles. The fourth-order valence-corrected chi connectivity index (χ4v) is 3.67. The quantitative estimate of drug-likeness (QED) is 0.644. The van der Waals surface area contributed by atoms with Gasteiger partial charge in [0.05, 0.1) is 17.6 Å². The highest BCUT2D eigenvalue weighted by molar-refractivity contribution is 5.89. The first-order valence-electron chi connectivity index (χ1n) is 11.1. The number of esters is 1. The summed E-state index contributed by atoms with van der Waals surface area (Å²) in [4.78, 5) is 25.2. The van der Waals surface area contributed by atoms with Crippen molar-refractivity contribution in [3.63, 3.8) is 0 Å². The molecule has 1 aliphatic rings. The molecule has 6 nitrogen and oxygen atoms in total. The Balaban J connectivity index is 1.75. The molecular formula is C26H34N2O4. The van der Waals surface area contributed by atoms with Crippen LogP contribution in [0.4, 0.5) is 4.79 Å². The third-order valence-electron chi connectivity index (χ3n) is 5.02. The lowest BCUT2D eigenvalue weighted by atomic mass is 9.97. The average molecular weight is 439 g/mol. The zero-order valence-electron chi connectivity index (χ0n) is 19.8. The topological polar surface area (TPSA) is 67.9 Å². The summed E-state index contributed by atoms with van der Waals surface area (Å²) in [6.45, 7) is 11.1. The minimum absolute atomic E-state index is 0.0229. The lowest BCUT2D eigenvalue weighted by molar-refractivity contribution is 0.00675. The molecule has 0 aliphatic carbocycles. The molecule has 0 radical (unpaired) electrons. The number of hydrogen-bond acceptors (Lipinski definition) is 5. The molecule has 32 heavy (non-hydrogen) atoms. The van der Waals surface area contributed by atoms with E-state index in [-0.39, 0.29) is 24.1 Å². The predicted molar refractivity (Wildman–Crippen MR) is 124 cm³/mol. The average Bonchev–Trinajstić information content (AvgIpc) is 3.10. The Hall–Kier alpha value is -2.86. The Bertz CT molecular complexity index is 927. The molecule has 1 heterocycles. The maximum atomic E-state index is 12.9. The van der Waals surface area contributed by atoms with Crippen LogP contribution in [0.3, 0.4) is 0 Å². The second-order valence-electron chi connectivity index (χ2n) is 10.2. The van der Waals surface area contributed by atoms with Gasteiger partial charge in [0.1, 0.15) is 11.2 Å². The van der Waals surface area contributed by atoms with Gasteiger partial charge >= 0.3 is 12.1 Å². The van der Waals surface area contributed by atoms with Crippen LogP contribution in [0.5, 0.6) is 0 Å². The molecule has 172 valence electrons. The highest BCUT2D eigenvalue weighted by atomic mass is 16.6. The van der Waals surface area contributed by atoms with E-state index in [1.54, 1.807) is 17.1 Å². The summed E-state index contributed by atoms with van der Waals surface area (Å²) in [6.07, 6.45) is 1.02. The molecule has 0 bridgehead atoms. The van der Waals surface area contributed by atoms with E-state index in [0.717, 1.165) is 17.5 Å². The summed E-state index contributed by atoms with van der Waals surface area (Å²) in [5.41, 5.74) is 4.90.